The molecular formula is C21H24N2O. The van der Waals surface area contributed by atoms with E-state index >= 15 is 0 Å². The Morgan fingerprint density at radius 2 is 1.67 bits per heavy atom. The van der Waals surface area contributed by atoms with Crippen LogP contribution in [0, 0.1) is 0 Å². The highest BCUT2D eigenvalue weighted by Gasteiger charge is 2.22. The van der Waals surface area contributed by atoms with E-state index < -0.39 is 0 Å². The predicted octanol–water partition coefficient (Wildman–Crippen LogP) is 5.16. The molecule has 2 aromatic carbocycles. The second kappa shape index (κ2) is 7.08. The highest BCUT2D eigenvalue weighted by atomic mass is 16.5. The smallest absolute Gasteiger partial charge is 0.119 e. The molecule has 0 saturated heterocycles. The monoisotopic (exact) mass is 320 g/mol. The van der Waals surface area contributed by atoms with E-state index in [-0.39, 0.29) is 0 Å². The molecule has 1 saturated carbocycles. The van der Waals surface area contributed by atoms with Crippen LogP contribution in [-0.2, 0) is 6.54 Å². The van der Waals surface area contributed by atoms with Gasteiger partial charge in [0, 0.05) is 5.92 Å². The van der Waals surface area contributed by atoms with Gasteiger partial charge in [0.25, 0.3) is 0 Å². The first-order valence-electron chi connectivity index (χ1n) is 9.05. The van der Waals surface area contributed by atoms with Crippen molar-refractivity contribution in [3.05, 3.63) is 60.4 Å². The maximum Gasteiger partial charge on any atom is 0.119 e. The Labute approximate surface area is 143 Å². The predicted molar refractivity (Wildman–Crippen MR) is 97.5 cm³/mol. The van der Waals surface area contributed by atoms with E-state index in [4.69, 9.17) is 9.72 Å². The molecule has 124 valence electrons. The molecule has 0 unspecified atom stereocenters. The van der Waals surface area contributed by atoms with Crippen molar-refractivity contribution in [2.24, 2.45) is 0 Å². The van der Waals surface area contributed by atoms with Crippen molar-refractivity contribution in [1.82, 2.24) is 9.55 Å². The maximum atomic E-state index is 5.92. The van der Waals surface area contributed by atoms with Crippen molar-refractivity contribution >= 4 is 11.0 Å². The average Bonchev–Trinajstić information content (AvgIpc) is 3.02. The minimum Gasteiger partial charge on any atom is -0.492 e. The summed E-state index contributed by atoms with van der Waals surface area (Å²) >= 11 is 0. The van der Waals surface area contributed by atoms with Gasteiger partial charge in [0.2, 0.25) is 0 Å². The van der Waals surface area contributed by atoms with Gasteiger partial charge in [0.05, 0.1) is 17.6 Å². The highest BCUT2D eigenvalue weighted by molar-refractivity contribution is 5.76. The van der Waals surface area contributed by atoms with Crippen molar-refractivity contribution < 1.29 is 4.74 Å². The number of aromatic nitrogens is 2. The average molecular weight is 320 g/mol. The molecule has 0 aliphatic heterocycles. The summed E-state index contributed by atoms with van der Waals surface area (Å²) in [4.78, 5) is 4.97. The van der Waals surface area contributed by atoms with Crippen LogP contribution in [0.5, 0.6) is 5.75 Å². The number of benzene rings is 2. The van der Waals surface area contributed by atoms with Crippen molar-refractivity contribution in [3.8, 4) is 5.75 Å². The first-order chi connectivity index (χ1) is 11.9. The SMILES string of the molecule is c1ccc(OCCn2c(C3CCCCC3)nc3ccccc32)cc1. The van der Waals surface area contributed by atoms with Crippen LogP contribution in [0.15, 0.2) is 54.6 Å². The number of ether oxygens (including phenoxy) is 1. The summed E-state index contributed by atoms with van der Waals surface area (Å²) in [7, 11) is 0. The molecule has 1 aromatic heterocycles. The van der Waals surface area contributed by atoms with Gasteiger partial charge in [-0.1, -0.05) is 49.6 Å². The Kier molecular flexibility index (Phi) is 4.50. The van der Waals surface area contributed by atoms with Crippen LogP contribution < -0.4 is 4.74 Å². The van der Waals surface area contributed by atoms with E-state index in [1.54, 1.807) is 0 Å². The Hall–Kier alpha value is -2.29. The molecule has 0 amide bonds. The van der Waals surface area contributed by atoms with Crippen molar-refractivity contribution in [1.29, 1.82) is 0 Å². The third-order valence-electron chi connectivity index (χ3n) is 4.98. The van der Waals surface area contributed by atoms with Gasteiger partial charge in [0.1, 0.15) is 18.2 Å². The lowest BCUT2D eigenvalue weighted by molar-refractivity contribution is 0.294. The lowest BCUT2D eigenvalue weighted by Gasteiger charge is -2.22. The standard InChI is InChI=1S/C21H24N2O/c1-3-9-17(10-4-1)21-22-19-13-7-8-14-20(19)23(21)15-16-24-18-11-5-2-6-12-18/h2,5-8,11-14,17H,1,3-4,9-10,15-16H2. The van der Waals surface area contributed by atoms with Crippen LogP contribution in [0.25, 0.3) is 11.0 Å². The summed E-state index contributed by atoms with van der Waals surface area (Å²) in [5.74, 6) is 2.79. The fourth-order valence-corrected chi connectivity index (χ4v) is 3.77. The lowest BCUT2D eigenvalue weighted by atomic mass is 9.88. The molecule has 0 N–H and O–H groups in total. The van der Waals surface area contributed by atoms with Crippen LogP contribution in [0.4, 0.5) is 0 Å². The molecule has 1 fully saturated rings. The number of imidazole rings is 1. The molecule has 1 aliphatic carbocycles. The van der Waals surface area contributed by atoms with Gasteiger partial charge in [-0.25, -0.2) is 4.98 Å². The van der Waals surface area contributed by atoms with Crippen LogP contribution in [-0.4, -0.2) is 16.2 Å². The quantitative estimate of drug-likeness (QED) is 0.649. The number of hydrogen-bond donors (Lipinski definition) is 0. The van der Waals surface area contributed by atoms with Gasteiger partial charge in [0.15, 0.2) is 0 Å². The Bertz CT molecular complexity index is 788. The third-order valence-corrected chi connectivity index (χ3v) is 4.98. The molecule has 0 bridgehead atoms. The van der Waals surface area contributed by atoms with Gasteiger partial charge >= 0.3 is 0 Å². The molecule has 4 rings (SSSR count). The van der Waals surface area contributed by atoms with E-state index in [0.717, 1.165) is 17.8 Å². The fourth-order valence-electron chi connectivity index (χ4n) is 3.77. The minimum atomic E-state index is 0.600. The van der Waals surface area contributed by atoms with Crippen LogP contribution >= 0.6 is 0 Å². The first kappa shape index (κ1) is 15.3. The van der Waals surface area contributed by atoms with Crippen molar-refractivity contribution in [2.75, 3.05) is 6.61 Å². The molecule has 3 nitrogen and oxygen atoms in total. The number of fused-ring (bicyclic) bond motifs is 1. The summed E-state index contributed by atoms with van der Waals surface area (Å²) in [5, 5.41) is 0. The molecule has 3 aromatic rings. The summed E-state index contributed by atoms with van der Waals surface area (Å²) < 4.78 is 8.31. The third kappa shape index (κ3) is 3.16. The molecule has 0 atom stereocenters. The van der Waals surface area contributed by atoms with Gasteiger partial charge in [-0.2, -0.15) is 0 Å². The topological polar surface area (TPSA) is 27.1 Å². The Balaban J connectivity index is 1.57. The zero-order valence-corrected chi connectivity index (χ0v) is 14.0. The summed E-state index contributed by atoms with van der Waals surface area (Å²) in [6.45, 7) is 1.52. The highest BCUT2D eigenvalue weighted by Crippen LogP contribution is 2.33. The molecule has 3 heteroatoms. The maximum absolute atomic E-state index is 5.92. The molecule has 1 heterocycles. The van der Waals surface area contributed by atoms with Gasteiger partial charge < -0.3 is 9.30 Å². The van der Waals surface area contributed by atoms with Crippen molar-refractivity contribution in [2.45, 2.75) is 44.6 Å². The van der Waals surface area contributed by atoms with E-state index in [9.17, 15) is 0 Å². The molecule has 0 radical (unpaired) electrons. The normalized spacial score (nSPS) is 15.7. The largest absolute Gasteiger partial charge is 0.492 e. The van der Waals surface area contributed by atoms with E-state index in [0.29, 0.717) is 12.5 Å². The van der Waals surface area contributed by atoms with Gasteiger partial charge in [-0.3, -0.25) is 0 Å². The Morgan fingerprint density at radius 3 is 2.50 bits per heavy atom. The summed E-state index contributed by atoms with van der Waals surface area (Å²) in [6, 6.07) is 18.5. The molecular weight excluding hydrogens is 296 g/mol. The number of nitrogens with zero attached hydrogens (tertiary/aromatic N) is 2. The summed E-state index contributed by atoms with van der Waals surface area (Å²) in [5.41, 5.74) is 2.34. The number of para-hydroxylation sites is 3. The van der Waals surface area contributed by atoms with Crippen LogP contribution in [0.1, 0.15) is 43.8 Å². The van der Waals surface area contributed by atoms with E-state index in [1.807, 2.05) is 30.3 Å². The second-order valence-corrected chi connectivity index (χ2v) is 6.61. The fraction of sp³-hybridized carbons (Fsp3) is 0.381. The van der Waals surface area contributed by atoms with E-state index in [1.165, 1.54) is 43.4 Å². The summed E-state index contributed by atoms with van der Waals surface area (Å²) in [6.07, 6.45) is 6.56. The number of rotatable bonds is 5. The van der Waals surface area contributed by atoms with E-state index in [2.05, 4.69) is 28.8 Å². The minimum absolute atomic E-state index is 0.600. The van der Waals surface area contributed by atoms with Gasteiger partial charge in [-0.05, 0) is 37.1 Å². The van der Waals surface area contributed by atoms with Crippen LogP contribution in [0.2, 0.25) is 0 Å². The van der Waals surface area contributed by atoms with Crippen molar-refractivity contribution in [3.63, 3.8) is 0 Å². The van der Waals surface area contributed by atoms with Gasteiger partial charge in [-0.15, -0.1) is 0 Å². The van der Waals surface area contributed by atoms with Crippen LogP contribution in [0.3, 0.4) is 0 Å². The molecule has 0 spiro atoms. The zero-order chi connectivity index (χ0) is 16.2. The Morgan fingerprint density at radius 1 is 0.917 bits per heavy atom. The first-order valence-corrected chi connectivity index (χ1v) is 9.05. The molecule has 24 heavy (non-hydrogen) atoms. The lowest BCUT2D eigenvalue weighted by Crippen LogP contribution is -2.15. The zero-order valence-electron chi connectivity index (χ0n) is 14.0. The molecule has 1 aliphatic rings. The number of hydrogen-bond acceptors (Lipinski definition) is 2. The second-order valence-electron chi connectivity index (χ2n) is 6.61.